The van der Waals surface area contributed by atoms with Gasteiger partial charge in [0.15, 0.2) is 11.4 Å². The van der Waals surface area contributed by atoms with Crippen LogP contribution in [0.15, 0.2) is 75.5 Å². The lowest BCUT2D eigenvalue weighted by Crippen LogP contribution is -2.39. The first-order valence-electron chi connectivity index (χ1n) is 13.0. The maximum absolute atomic E-state index is 13.7. The number of aromatic nitrogens is 1. The number of ether oxygens (including phenoxy) is 2. The number of pyridine rings is 1. The van der Waals surface area contributed by atoms with Crippen LogP contribution in [0.2, 0.25) is 0 Å². The van der Waals surface area contributed by atoms with Crippen molar-refractivity contribution >= 4 is 22.7 Å². The molecule has 0 bridgehead atoms. The fourth-order valence-corrected chi connectivity index (χ4v) is 5.28. The summed E-state index contributed by atoms with van der Waals surface area (Å²) in [6, 6.07) is 14.3. The van der Waals surface area contributed by atoms with Crippen LogP contribution in [0.1, 0.15) is 46.1 Å². The van der Waals surface area contributed by atoms with Crippen LogP contribution in [-0.2, 0) is 24.3 Å². The molecule has 40 heavy (non-hydrogen) atoms. The zero-order valence-electron chi connectivity index (χ0n) is 23.6. The van der Waals surface area contributed by atoms with Crippen LogP contribution < -0.4 is 15.5 Å². The third-order valence-corrected chi connectivity index (χ3v) is 7.25. The van der Waals surface area contributed by atoms with E-state index in [4.69, 9.17) is 4.74 Å². The summed E-state index contributed by atoms with van der Waals surface area (Å²) in [6.07, 6.45) is 5.19. The number of nitrogens with zero attached hydrogens (tertiary/aromatic N) is 2. The topological polar surface area (TPSA) is 81.9 Å². The van der Waals surface area contributed by atoms with E-state index in [1.54, 1.807) is 38.1 Å². The van der Waals surface area contributed by atoms with E-state index < -0.39 is 0 Å². The number of rotatable bonds is 8. The Labute approximate surface area is 239 Å². The van der Waals surface area contributed by atoms with Crippen molar-refractivity contribution in [1.29, 1.82) is 0 Å². The molecule has 0 aliphatic carbocycles. The first-order valence-corrected chi connectivity index (χ1v) is 13.9. The van der Waals surface area contributed by atoms with Crippen LogP contribution in [0.5, 0.6) is 5.75 Å². The van der Waals surface area contributed by atoms with Crippen molar-refractivity contribution in [3.63, 3.8) is 0 Å². The Morgan fingerprint density at radius 3 is 2.55 bits per heavy atom. The van der Waals surface area contributed by atoms with E-state index in [-0.39, 0.29) is 35.2 Å². The molecule has 1 amide bonds. The summed E-state index contributed by atoms with van der Waals surface area (Å²) in [5.41, 5.74) is 3.00. The van der Waals surface area contributed by atoms with Crippen molar-refractivity contribution in [2.24, 2.45) is 4.99 Å². The van der Waals surface area contributed by atoms with Gasteiger partial charge in [0.1, 0.15) is 17.5 Å². The smallest absolute Gasteiger partial charge is 0.272 e. The molecule has 0 atom stereocenters. The molecule has 0 unspecified atom stereocenters. The minimum atomic E-state index is -0.374. The number of nitrogens with one attached hydrogen (secondary N) is 1. The molecule has 7 nitrogen and oxygen atoms in total. The van der Waals surface area contributed by atoms with Crippen molar-refractivity contribution in [3.8, 4) is 5.75 Å². The van der Waals surface area contributed by atoms with E-state index in [2.05, 4.69) is 21.1 Å². The number of aliphatic imine (C=N–C) groups is 1. The molecule has 2 aromatic carbocycles. The molecular weight excluding hydrogens is 529 g/mol. The normalized spacial score (nSPS) is 13.2. The number of hydrogen-bond donors (Lipinski definition) is 1. The van der Waals surface area contributed by atoms with Crippen molar-refractivity contribution in [3.05, 3.63) is 110 Å². The monoisotopic (exact) mass is 565 g/mol. The average Bonchev–Trinajstić information content (AvgIpc) is 2.94. The Bertz CT molecular complexity index is 1430. The highest BCUT2D eigenvalue weighted by Crippen LogP contribution is 2.29. The van der Waals surface area contributed by atoms with Gasteiger partial charge in [-0.25, -0.2) is 4.39 Å². The van der Waals surface area contributed by atoms with Crippen molar-refractivity contribution < 1.29 is 18.7 Å². The average molecular weight is 566 g/mol. The number of methoxy groups -OCH3 is 1. The molecule has 0 saturated carbocycles. The lowest BCUT2D eigenvalue weighted by molar-refractivity contribution is 0.0919. The van der Waals surface area contributed by atoms with E-state index in [0.29, 0.717) is 30.1 Å². The molecule has 3 aromatic rings. The Balaban J connectivity index is 0.00000141. The van der Waals surface area contributed by atoms with Gasteiger partial charge in [0, 0.05) is 47.0 Å². The Hall–Kier alpha value is -3.69. The van der Waals surface area contributed by atoms with Gasteiger partial charge in [0.25, 0.3) is 5.91 Å². The predicted octanol–water partition coefficient (Wildman–Crippen LogP) is 5.53. The number of fused-ring (bicyclic) bond motifs is 1. The van der Waals surface area contributed by atoms with Gasteiger partial charge < -0.3 is 19.4 Å². The van der Waals surface area contributed by atoms with Crippen LogP contribution in [0.4, 0.5) is 4.39 Å². The maximum atomic E-state index is 13.7. The molecular formula is C31H36FN3O4S. The third kappa shape index (κ3) is 7.92. The number of carbonyl (C=O) groups excluding carboxylic acids is 1. The zero-order valence-corrected chi connectivity index (χ0v) is 24.4. The number of carbonyl (C=O) groups is 1. The molecule has 0 saturated heterocycles. The number of benzene rings is 2. The molecule has 0 spiro atoms. The number of thioether (sulfide) groups is 1. The minimum absolute atomic E-state index is 0.0238. The highest BCUT2D eigenvalue weighted by atomic mass is 32.2. The van der Waals surface area contributed by atoms with E-state index in [1.807, 2.05) is 44.2 Å². The molecule has 1 aromatic heterocycles. The Kier molecular flexibility index (Phi) is 11.7. The Morgan fingerprint density at radius 1 is 1.18 bits per heavy atom. The standard InChI is InChI=1S/C29H30FN3O3S.C2H6O/c1-4-8-23(16-21-11-12-22(30)15-19(21)2)37-29(31-3)24-17-33-14-13-32-28(35)25(33)27(26(24)34)36-18-20-9-6-5-7-10-20;1-3-2/h5-12,15,17H,4,13-14,16,18H2,1-3H3,(H,32,35);1-2H3/b23-8+,31-29?;. The molecule has 1 aliphatic rings. The van der Waals surface area contributed by atoms with Gasteiger partial charge in [0.2, 0.25) is 5.43 Å². The van der Waals surface area contributed by atoms with E-state index >= 15 is 0 Å². The number of halogens is 1. The van der Waals surface area contributed by atoms with Gasteiger partial charge in [-0.1, -0.05) is 61.2 Å². The number of hydrogen-bond acceptors (Lipinski definition) is 6. The first-order chi connectivity index (χ1) is 19.3. The van der Waals surface area contributed by atoms with E-state index in [0.717, 1.165) is 28.0 Å². The van der Waals surface area contributed by atoms with Gasteiger partial charge in [-0.3, -0.25) is 14.6 Å². The highest BCUT2D eigenvalue weighted by Gasteiger charge is 2.27. The number of aryl methyl sites for hydroxylation is 1. The van der Waals surface area contributed by atoms with Crippen LogP contribution in [-0.4, -0.2) is 43.3 Å². The number of amides is 1. The maximum Gasteiger partial charge on any atom is 0.272 e. The van der Waals surface area contributed by atoms with Crippen LogP contribution >= 0.6 is 11.8 Å². The van der Waals surface area contributed by atoms with Gasteiger partial charge in [-0.05, 0) is 47.1 Å². The summed E-state index contributed by atoms with van der Waals surface area (Å²) in [5.74, 6) is -0.574. The molecule has 1 N–H and O–H groups in total. The van der Waals surface area contributed by atoms with Crippen molar-refractivity contribution in [2.75, 3.05) is 27.8 Å². The van der Waals surface area contributed by atoms with E-state index in [1.165, 1.54) is 23.9 Å². The summed E-state index contributed by atoms with van der Waals surface area (Å²) in [4.78, 5) is 31.9. The second-order valence-electron chi connectivity index (χ2n) is 9.14. The minimum Gasteiger partial charge on any atom is -0.483 e. The molecule has 0 fully saturated rings. The summed E-state index contributed by atoms with van der Waals surface area (Å²) < 4.78 is 25.6. The molecule has 1 aliphatic heterocycles. The summed E-state index contributed by atoms with van der Waals surface area (Å²) >= 11 is 1.41. The van der Waals surface area contributed by atoms with Crippen LogP contribution in [0.3, 0.4) is 0 Å². The molecule has 4 rings (SSSR count). The van der Waals surface area contributed by atoms with Gasteiger partial charge in [-0.15, -0.1) is 0 Å². The lowest BCUT2D eigenvalue weighted by Gasteiger charge is -2.23. The predicted molar refractivity (Wildman–Crippen MR) is 160 cm³/mol. The SMILES string of the molecule is CC/C=C(\Cc1ccc(F)cc1C)SC(=NC)c1cn2c(c(OCc3ccccc3)c1=O)C(=O)NCC2.COC. The van der Waals surface area contributed by atoms with Crippen molar-refractivity contribution in [1.82, 2.24) is 9.88 Å². The fourth-order valence-electron chi connectivity index (χ4n) is 4.21. The van der Waals surface area contributed by atoms with Gasteiger partial charge in [-0.2, -0.15) is 0 Å². The molecule has 9 heteroatoms. The second kappa shape index (κ2) is 15.2. The fraction of sp³-hybridized carbons (Fsp3) is 0.323. The van der Waals surface area contributed by atoms with Gasteiger partial charge >= 0.3 is 0 Å². The highest BCUT2D eigenvalue weighted by molar-refractivity contribution is 8.17. The molecule has 2 heterocycles. The summed E-state index contributed by atoms with van der Waals surface area (Å²) in [6.45, 7) is 5.07. The summed E-state index contributed by atoms with van der Waals surface area (Å²) in [7, 11) is 4.90. The Morgan fingerprint density at radius 2 is 1.90 bits per heavy atom. The van der Waals surface area contributed by atoms with Crippen LogP contribution in [0, 0.1) is 12.7 Å². The van der Waals surface area contributed by atoms with E-state index in [9.17, 15) is 14.0 Å². The number of allylic oxidation sites excluding steroid dienone is 2. The largest absolute Gasteiger partial charge is 0.483 e. The van der Waals surface area contributed by atoms with Crippen molar-refractivity contribution in [2.45, 2.75) is 39.8 Å². The summed E-state index contributed by atoms with van der Waals surface area (Å²) in [5, 5.41) is 3.34. The zero-order chi connectivity index (χ0) is 29.1. The van der Waals surface area contributed by atoms with Gasteiger partial charge in [0.05, 0.1) is 5.56 Å². The quantitative estimate of drug-likeness (QED) is 0.287. The molecule has 0 radical (unpaired) electrons. The molecule has 212 valence electrons. The lowest BCUT2D eigenvalue weighted by atomic mass is 10.1. The first kappa shape index (κ1) is 30.8. The second-order valence-corrected chi connectivity index (χ2v) is 10.3. The third-order valence-electron chi connectivity index (χ3n) is 6.08. The van der Waals surface area contributed by atoms with Crippen LogP contribution in [0.25, 0.3) is 0 Å².